The van der Waals surface area contributed by atoms with Crippen molar-refractivity contribution in [2.24, 2.45) is 0 Å². The van der Waals surface area contributed by atoms with Crippen molar-refractivity contribution in [3.8, 4) is 0 Å². The second kappa shape index (κ2) is 5.36. The molecule has 4 nitrogen and oxygen atoms in total. The van der Waals surface area contributed by atoms with Gasteiger partial charge in [0.25, 0.3) is 0 Å². The molecule has 2 atom stereocenters. The predicted molar refractivity (Wildman–Crippen MR) is 54.3 cm³/mol. The summed E-state index contributed by atoms with van der Waals surface area (Å²) in [5.41, 5.74) is 0. The summed E-state index contributed by atoms with van der Waals surface area (Å²) in [6.07, 6.45) is 3.06. The Bertz CT molecular complexity index is 208. The van der Waals surface area contributed by atoms with E-state index in [2.05, 4.69) is 21.2 Å². The molecule has 1 rings (SSSR count). The molecule has 1 aliphatic heterocycles. The van der Waals surface area contributed by atoms with Crippen LogP contribution in [0.25, 0.3) is 0 Å². The van der Waals surface area contributed by atoms with Gasteiger partial charge in [0, 0.05) is 19.5 Å². The van der Waals surface area contributed by atoms with Gasteiger partial charge in [0.15, 0.2) is 0 Å². The first-order chi connectivity index (χ1) is 6.27. The molecule has 1 saturated heterocycles. The lowest BCUT2D eigenvalue weighted by molar-refractivity contribution is 0.0751. The zero-order valence-electron chi connectivity index (χ0n) is 7.42. The molecule has 0 amide bonds. The minimum absolute atomic E-state index is 0.0993. The van der Waals surface area contributed by atoms with Crippen molar-refractivity contribution in [1.29, 1.82) is 5.41 Å². The lowest BCUT2D eigenvalue weighted by Crippen LogP contribution is -2.37. The van der Waals surface area contributed by atoms with E-state index < -0.39 is 0 Å². The van der Waals surface area contributed by atoms with Crippen LogP contribution in [0.2, 0.25) is 0 Å². The predicted octanol–water partition coefficient (Wildman–Crippen LogP) is 0.876. The highest BCUT2D eigenvalue weighted by Gasteiger charge is 2.26. The van der Waals surface area contributed by atoms with Gasteiger partial charge in [-0.2, -0.15) is 0 Å². The van der Waals surface area contributed by atoms with E-state index in [-0.39, 0.29) is 12.1 Å². The SMILES string of the molecule is CO[C@H]1COC[C@@H]1N/C=C(/Br)C=N. The molecule has 13 heavy (non-hydrogen) atoms. The molecule has 1 aliphatic rings. The van der Waals surface area contributed by atoms with Gasteiger partial charge < -0.3 is 20.2 Å². The van der Waals surface area contributed by atoms with Crippen molar-refractivity contribution in [2.45, 2.75) is 12.1 Å². The molecule has 74 valence electrons. The van der Waals surface area contributed by atoms with E-state index >= 15 is 0 Å². The number of methoxy groups -OCH3 is 1. The van der Waals surface area contributed by atoms with Crippen LogP contribution in [0.3, 0.4) is 0 Å². The fourth-order valence-electron chi connectivity index (χ4n) is 1.15. The van der Waals surface area contributed by atoms with Crippen molar-refractivity contribution >= 4 is 22.1 Å². The van der Waals surface area contributed by atoms with E-state index in [1.54, 1.807) is 13.3 Å². The molecule has 0 bridgehead atoms. The standard InChI is InChI=1S/C8H13BrN2O2/c1-12-8-5-13-4-7(8)11-3-6(9)2-10/h2-3,7-8,10-11H,4-5H2,1H3/b6-3+,10-2?/t7-,8-/m0/s1. The minimum Gasteiger partial charge on any atom is -0.382 e. The van der Waals surface area contributed by atoms with Gasteiger partial charge in [0.1, 0.15) is 6.10 Å². The first-order valence-corrected chi connectivity index (χ1v) is 4.80. The van der Waals surface area contributed by atoms with Crippen LogP contribution in [0.15, 0.2) is 10.7 Å². The molecule has 0 aliphatic carbocycles. The van der Waals surface area contributed by atoms with E-state index in [0.717, 1.165) is 0 Å². The quantitative estimate of drug-likeness (QED) is 0.727. The number of allylic oxidation sites excluding steroid dienone is 1. The zero-order valence-corrected chi connectivity index (χ0v) is 9.00. The molecule has 0 spiro atoms. The average molecular weight is 249 g/mol. The normalized spacial score (nSPS) is 28.9. The minimum atomic E-state index is 0.0993. The molecule has 5 heteroatoms. The van der Waals surface area contributed by atoms with Crippen LogP contribution in [0.4, 0.5) is 0 Å². The lowest BCUT2D eigenvalue weighted by atomic mass is 10.2. The topological polar surface area (TPSA) is 54.3 Å². The average Bonchev–Trinajstić information content (AvgIpc) is 2.61. The van der Waals surface area contributed by atoms with Crippen LogP contribution in [0.1, 0.15) is 0 Å². The fraction of sp³-hybridized carbons (Fsp3) is 0.625. The van der Waals surface area contributed by atoms with Crippen LogP contribution in [-0.4, -0.2) is 38.7 Å². The van der Waals surface area contributed by atoms with E-state index in [1.807, 2.05) is 0 Å². The van der Waals surface area contributed by atoms with E-state index in [1.165, 1.54) is 6.21 Å². The summed E-state index contributed by atoms with van der Waals surface area (Å²) < 4.78 is 11.1. The van der Waals surface area contributed by atoms with Crippen LogP contribution >= 0.6 is 15.9 Å². The molecule has 2 N–H and O–H groups in total. The van der Waals surface area contributed by atoms with Gasteiger partial charge in [-0.15, -0.1) is 0 Å². The Hall–Kier alpha value is -0.390. The second-order valence-electron chi connectivity index (χ2n) is 2.76. The molecule has 0 radical (unpaired) electrons. The van der Waals surface area contributed by atoms with Gasteiger partial charge in [0.2, 0.25) is 0 Å². The van der Waals surface area contributed by atoms with Crippen LogP contribution in [-0.2, 0) is 9.47 Å². The number of rotatable bonds is 4. The summed E-state index contributed by atoms with van der Waals surface area (Å²) in [7, 11) is 1.67. The first-order valence-electron chi connectivity index (χ1n) is 4.00. The molecular formula is C8H13BrN2O2. The van der Waals surface area contributed by atoms with Gasteiger partial charge in [0.05, 0.1) is 23.7 Å². The summed E-state index contributed by atoms with van der Waals surface area (Å²) in [4.78, 5) is 0. The van der Waals surface area contributed by atoms with Gasteiger partial charge in [-0.3, -0.25) is 0 Å². The number of nitrogens with one attached hydrogen (secondary N) is 2. The third-order valence-corrected chi connectivity index (χ3v) is 2.36. The lowest BCUT2D eigenvalue weighted by Gasteiger charge is -2.15. The maximum atomic E-state index is 6.94. The summed E-state index contributed by atoms with van der Waals surface area (Å²) >= 11 is 3.20. The van der Waals surface area contributed by atoms with Gasteiger partial charge in [-0.1, -0.05) is 0 Å². The number of halogens is 1. The maximum absolute atomic E-state index is 6.94. The van der Waals surface area contributed by atoms with Gasteiger partial charge in [-0.05, 0) is 15.9 Å². The highest BCUT2D eigenvalue weighted by Crippen LogP contribution is 2.09. The number of hydrogen-bond acceptors (Lipinski definition) is 4. The Morgan fingerprint density at radius 2 is 2.46 bits per heavy atom. The summed E-state index contributed by atoms with van der Waals surface area (Å²) in [5, 5.41) is 10.1. The van der Waals surface area contributed by atoms with Crippen molar-refractivity contribution in [3.63, 3.8) is 0 Å². The molecular weight excluding hydrogens is 236 g/mol. The van der Waals surface area contributed by atoms with Crippen LogP contribution < -0.4 is 5.32 Å². The number of hydrogen-bond donors (Lipinski definition) is 2. The molecule has 0 saturated carbocycles. The van der Waals surface area contributed by atoms with Gasteiger partial charge >= 0.3 is 0 Å². The Balaban J connectivity index is 2.39. The monoisotopic (exact) mass is 248 g/mol. The van der Waals surface area contributed by atoms with Crippen molar-refractivity contribution < 1.29 is 9.47 Å². The molecule has 0 aromatic heterocycles. The highest BCUT2D eigenvalue weighted by atomic mass is 79.9. The largest absolute Gasteiger partial charge is 0.382 e. The third kappa shape index (κ3) is 3.10. The summed E-state index contributed by atoms with van der Waals surface area (Å²) in [5.74, 6) is 0. The van der Waals surface area contributed by atoms with Crippen molar-refractivity contribution in [3.05, 3.63) is 10.7 Å². The molecule has 0 aromatic carbocycles. The summed E-state index contributed by atoms with van der Waals surface area (Å²) in [6, 6.07) is 0.178. The Kier molecular flexibility index (Phi) is 4.41. The highest BCUT2D eigenvalue weighted by molar-refractivity contribution is 9.12. The molecule has 1 heterocycles. The van der Waals surface area contributed by atoms with Gasteiger partial charge in [-0.25, -0.2) is 0 Å². The van der Waals surface area contributed by atoms with Crippen molar-refractivity contribution in [1.82, 2.24) is 5.32 Å². The molecule has 0 unspecified atom stereocenters. The Morgan fingerprint density at radius 1 is 1.69 bits per heavy atom. The van der Waals surface area contributed by atoms with E-state index in [0.29, 0.717) is 17.7 Å². The zero-order chi connectivity index (χ0) is 9.68. The molecule has 1 fully saturated rings. The van der Waals surface area contributed by atoms with Crippen molar-refractivity contribution in [2.75, 3.05) is 20.3 Å². The smallest absolute Gasteiger partial charge is 0.103 e. The summed E-state index contributed by atoms with van der Waals surface area (Å²) in [6.45, 7) is 1.28. The first kappa shape index (κ1) is 10.7. The third-order valence-electron chi connectivity index (χ3n) is 1.90. The van der Waals surface area contributed by atoms with E-state index in [4.69, 9.17) is 14.9 Å². The molecule has 0 aromatic rings. The Morgan fingerprint density at radius 3 is 3.08 bits per heavy atom. The second-order valence-corrected chi connectivity index (χ2v) is 3.67. The fourth-order valence-corrected chi connectivity index (χ4v) is 1.28. The Labute approximate surface area is 85.9 Å². The van der Waals surface area contributed by atoms with Crippen LogP contribution in [0.5, 0.6) is 0 Å². The number of ether oxygens (including phenoxy) is 2. The maximum Gasteiger partial charge on any atom is 0.103 e. The van der Waals surface area contributed by atoms with Crippen LogP contribution in [0, 0.1) is 5.41 Å². The van der Waals surface area contributed by atoms with E-state index in [9.17, 15) is 0 Å².